The molecule has 0 N–H and O–H groups in total. The molecule has 0 radical (unpaired) electrons. The molecule has 1 aliphatic carbocycles. The molecular weight excluding hydrogens is 453 g/mol. The van der Waals surface area contributed by atoms with Crippen molar-refractivity contribution in [3.05, 3.63) is 58.9 Å². The summed E-state index contributed by atoms with van der Waals surface area (Å²) in [5.74, 6) is 0.271. The van der Waals surface area contributed by atoms with Gasteiger partial charge in [-0.1, -0.05) is 0 Å². The van der Waals surface area contributed by atoms with Gasteiger partial charge >= 0.3 is 6.18 Å². The van der Waals surface area contributed by atoms with Crippen molar-refractivity contribution in [2.24, 2.45) is 5.92 Å². The van der Waals surface area contributed by atoms with Crippen molar-refractivity contribution in [2.45, 2.75) is 44.5 Å². The molecule has 6 rings (SSSR count). The number of piperidine rings is 2. The quantitative estimate of drug-likeness (QED) is 0.532. The first-order chi connectivity index (χ1) is 15.8. The van der Waals surface area contributed by atoms with Crippen molar-refractivity contribution in [3.8, 4) is 16.6 Å². The number of thiazole rings is 1. The van der Waals surface area contributed by atoms with E-state index in [-0.39, 0.29) is 29.9 Å². The van der Waals surface area contributed by atoms with Crippen molar-refractivity contribution < 1.29 is 22.7 Å². The standard InChI is InChI=1S/C23H21F3N4O2S/c1-13-8-16(20(29-10-13)21-27-6-7-33-21)22(31)30-12-14-2-4-17(30)18(9-14)32-19-5-3-15(11-28-19)23(24,25)26/h3,5-8,10-11,14,17-18H,2,4,9,12H2,1H3. The van der Waals surface area contributed by atoms with E-state index < -0.39 is 11.7 Å². The second kappa shape index (κ2) is 8.40. The summed E-state index contributed by atoms with van der Waals surface area (Å²) >= 11 is 1.42. The summed E-state index contributed by atoms with van der Waals surface area (Å²) in [6.45, 7) is 2.51. The maximum atomic E-state index is 13.7. The highest BCUT2D eigenvalue weighted by Crippen LogP contribution is 2.39. The zero-order valence-corrected chi connectivity index (χ0v) is 18.6. The number of halogens is 3. The molecule has 0 aromatic carbocycles. The summed E-state index contributed by atoms with van der Waals surface area (Å²) in [5, 5.41) is 2.52. The van der Waals surface area contributed by atoms with Crippen LogP contribution >= 0.6 is 11.3 Å². The Kier molecular flexibility index (Phi) is 5.55. The van der Waals surface area contributed by atoms with E-state index in [0.29, 0.717) is 22.8 Å². The third kappa shape index (κ3) is 4.31. The minimum Gasteiger partial charge on any atom is -0.472 e. The number of amides is 1. The molecule has 5 heterocycles. The number of fused-ring (bicyclic) bond motifs is 3. The number of nitrogens with zero attached hydrogens (tertiary/aromatic N) is 4. The van der Waals surface area contributed by atoms with Crippen LogP contribution in [0.5, 0.6) is 5.88 Å². The van der Waals surface area contributed by atoms with E-state index in [0.717, 1.165) is 37.1 Å². The minimum absolute atomic E-state index is 0.125. The largest absolute Gasteiger partial charge is 0.472 e. The number of carbonyl (C=O) groups excluding carboxylic acids is 1. The van der Waals surface area contributed by atoms with E-state index in [1.807, 2.05) is 23.3 Å². The molecule has 172 valence electrons. The monoisotopic (exact) mass is 474 g/mol. The van der Waals surface area contributed by atoms with Crippen LogP contribution in [0.3, 0.4) is 0 Å². The Morgan fingerprint density at radius 1 is 1.18 bits per heavy atom. The Balaban J connectivity index is 1.39. The molecule has 2 bridgehead atoms. The molecule has 3 aromatic rings. The normalized spacial score (nSPS) is 22.4. The molecule has 33 heavy (non-hydrogen) atoms. The zero-order chi connectivity index (χ0) is 23.2. The lowest BCUT2D eigenvalue weighted by Gasteiger charge is -2.49. The summed E-state index contributed by atoms with van der Waals surface area (Å²) in [7, 11) is 0. The van der Waals surface area contributed by atoms with E-state index in [1.54, 1.807) is 12.4 Å². The molecular formula is C23H21F3N4O2S. The van der Waals surface area contributed by atoms with Crippen molar-refractivity contribution in [2.75, 3.05) is 6.54 Å². The number of rotatable bonds is 4. The van der Waals surface area contributed by atoms with Crippen LogP contribution in [0.4, 0.5) is 13.2 Å². The zero-order valence-electron chi connectivity index (χ0n) is 17.7. The lowest BCUT2D eigenvalue weighted by atomic mass is 9.77. The number of alkyl halides is 3. The molecule has 1 amide bonds. The van der Waals surface area contributed by atoms with Gasteiger partial charge in [-0.15, -0.1) is 11.3 Å². The first kappa shape index (κ1) is 21.8. The molecule has 0 spiro atoms. The first-order valence-corrected chi connectivity index (χ1v) is 11.5. The second-order valence-electron chi connectivity index (χ2n) is 8.49. The summed E-state index contributed by atoms with van der Waals surface area (Å²) in [6, 6.07) is 3.85. The fraction of sp³-hybridized carbons (Fsp3) is 0.391. The Morgan fingerprint density at radius 3 is 2.70 bits per heavy atom. The van der Waals surface area contributed by atoms with Gasteiger partial charge in [-0.05, 0) is 49.8 Å². The summed E-state index contributed by atoms with van der Waals surface area (Å²) in [5.41, 5.74) is 1.12. The van der Waals surface area contributed by atoms with Gasteiger partial charge < -0.3 is 9.64 Å². The maximum absolute atomic E-state index is 13.7. The molecule has 3 aromatic heterocycles. The van der Waals surface area contributed by atoms with Crippen LogP contribution in [0.25, 0.3) is 10.7 Å². The third-order valence-electron chi connectivity index (χ3n) is 6.21. The van der Waals surface area contributed by atoms with Crippen LogP contribution in [0, 0.1) is 12.8 Å². The van der Waals surface area contributed by atoms with Gasteiger partial charge in [0.05, 0.1) is 17.2 Å². The molecule has 3 unspecified atom stereocenters. The van der Waals surface area contributed by atoms with Crippen molar-refractivity contribution >= 4 is 17.2 Å². The SMILES string of the molecule is Cc1cnc(-c2nccs2)c(C(=O)N2CC3CCC2C(Oc2ccc(C(F)(F)F)cn2)C3)c1. The first-order valence-electron chi connectivity index (χ1n) is 10.7. The number of carbonyl (C=O) groups is 1. The van der Waals surface area contributed by atoms with Gasteiger partial charge in [-0.3, -0.25) is 9.78 Å². The van der Waals surface area contributed by atoms with Gasteiger partial charge in [-0.2, -0.15) is 13.2 Å². The Labute approximate surface area is 192 Å². The third-order valence-corrected chi connectivity index (χ3v) is 6.99. The van der Waals surface area contributed by atoms with Crippen LogP contribution in [0.15, 0.2) is 42.2 Å². The number of aromatic nitrogens is 3. The van der Waals surface area contributed by atoms with Gasteiger partial charge in [0.15, 0.2) is 0 Å². The highest BCUT2D eigenvalue weighted by atomic mass is 32.1. The van der Waals surface area contributed by atoms with Crippen LogP contribution in [0.1, 0.15) is 40.7 Å². The molecule has 3 aliphatic rings. The van der Waals surface area contributed by atoms with Gasteiger partial charge in [0.25, 0.3) is 5.91 Å². The smallest absolute Gasteiger partial charge is 0.417 e. The van der Waals surface area contributed by atoms with E-state index in [1.165, 1.54) is 17.4 Å². The lowest BCUT2D eigenvalue weighted by Crippen LogP contribution is -2.59. The van der Waals surface area contributed by atoms with E-state index in [4.69, 9.17) is 4.74 Å². The van der Waals surface area contributed by atoms with Crippen LogP contribution in [-0.4, -0.2) is 44.4 Å². The van der Waals surface area contributed by atoms with E-state index in [9.17, 15) is 18.0 Å². The predicted octanol–water partition coefficient (Wildman–Crippen LogP) is 5.00. The highest BCUT2D eigenvalue weighted by Gasteiger charge is 2.45. The van der Waals surface area contributed by atoms with Crippen molar-refractivity contribution in [1.82, 2.24) is 19.9 Å². The van der Waals surface area contributed by atoms with Crippen LogP contribution < -0.4 is 4.74 Å². The van der Waals surface area contributed by atoms with Gasteiger partial charge in [-0.25, -0.2) is 9.97 Å². The topological polar surface area (TPSA) is 68.2 Å². The van der Waals surface area contributed by atoms with E-state index in [2.05, 4.69) is 15.0 Å². The number of aryl methyl sites for hydroxylation is 1. The van der Waals surface area contributed by atoms with Crippen LogP contribution in [0.2, 0.25) is 0 Å². The van der Waals surface area contributed by atoms with E-state index >= 15 is 0 Å². The second-order valence-corrected chi connectivity index (χ2v) is 9.38. The molecule has 2 aliphatic heterocycles. The summed E-state index contributed by atoms with van der Waals surface area (Å²) < 4.78 is 44.5. The number of ether oxygens (including phenoxy) is 1. The molecule has 1 saturated carbocycles. The average Bonchev–Trinajstić information content (AvgIpc) is 3.33. The highest BCUT2D eigenvalue weighted by molar-refractivity contribution is 7.13. The Morgan fingerprint density at radius 2 is 2.03 bits per heavy atom. The predicted molar refractivity (Wildman–Crippen MR) is 116 cm³/mol. The Hall–Kier alpha value is -3.01. The number of hydrogen-bond donors (Lipinski definition) is 0. The number of hydrogen-bond acceptors (Lipinski definition) is 6. The van der Waals surface area contributed by atoms with Gasteiger partial charge in [0.2, 0.25) is 5.88 Å². The minimum atomic E-state index is -4.45. The van der Waals surface area contributed by atoms with Gasteiger partial charge in [0.1, 0.15) is 16.8 Å². The molecule has 10 heteroatoms. The molecule has 3 fully saturated rings. The van der Waals surface area contributed by atoms with Crippen molar-refractivity contribution in [3.63, 3.8) is 0 Å². The average molecular weight is 475 g/mol. The van der Waals surface area contributed by atoms with Crippen molar-refractivity contribution in [1.29, 1.82) is 0 Å². The van der Waals surface area contributed by atoms with Crippen LogP contribution in [-0.2, 0) is 6.18 Å². The maximum Gasteiger partial charge on any atom is 0.417 e. The molecule has 2 saturated heterocycles. The fourth-order valence-corrected chi connectivity index (χ4v) is 5.31. The fourth-order valence-electron chi connectivity index (χ4n) is 4.66. The van der Waals surface area contributed by atoms with Gasteiger partial charge in [0, 0.05) is 36.6 Å². The Bertz CT molecular complexity index is 1150. The lowest BCUT2D eigenvalue weighted by molar-refractivity contribution is -0.137. The summed E-state index contributed by atoms with van der Waals surface area (Å²) in [4.78, 5) is 28.2. The number of pyridine rings is 2. The molecule has 3 atom stereocenters. The molecule has 6 nitrogen and oxygen atoms in total. The summed E-state index contributed by atoms with van der Waals surface area (Å²) in [6.07, 6.45) is 1.90.